The number of benzene rings is 1. The Morgan fingerprint density at radius 2 is 2.10 bits per heavy atom. The van der Waals surface area contributed by atoms with Crippen LogP contribution in [-0.2, 0) is 20.4 Å². The lowest BCUT2D eigenvalue weighted by molar-refractivity contribution is -0.385. The van der Waals surface area contributed by atoms with Gasteiger partial charge in [0.25, 0.3) is 0 Å². The fourth-order valence-corrected chi connectivity index (χ4v) is 2.68. The van der Waals surface area contributed by atoms with Gasteiger partial charge >= 0.3 is 11.7 Å². The summed E-state index contributed by atoms with van der Waals surface area (Å²) in [6.07, 6.45) is 0. The van der Waals surface area contributed by atoms with Crippen LogP contribution >= 0.6 is 0 Å². The Hall–Kier alpha value is -2.16. The highest BCUT2D eigenvalue weighted by atomic mass is 32.2. The summed E-state index contributed by atoms with van der Waals surface area (Å²) >= 11 is 0. The minimum absolute atomic E-state index is 0.00225. The molecule has 1 atom stereocenters. The van der Waals surface area contributed by atoms with Crippen molar-refractivity contribution < 1.29 is 28.0 Å². The second-order valence-corrected chi connectivity index (χ2v) is 6.37. The van der Waals surface area contributed by atoms with E-state index in [-0.39, 0.29) is 17.0 Å². The number of nitrogens with zero attached hydrogens (tertiary/aromatic N) is 1. The van der Waals surface area contributed by atoms with Crippen LogP contribution in [0.15, 0.2) is 18.2 Å². The molecular formula is C11H13NO7S. The van der Waals surface area contributed by atoms with Gasteiger partial charge < -0.3 is 9.84 Å². The molecule has 0 aliphatic heterocycles. The maximum atomic E-state index is 11.8. The van der Waals surface area contributed by atoms with Gasteiger partial charge in [-0.1, -0.05) is 6.07 Å². The monoisotopic (exact) mass is 303 g/mol. The number of carboxylic acid groups (broad SMARTS) is 1. The molecule has 0 aliphatic rings. The molecule has 0 saturated carbocycles. The van der Waals surface area contributed by atoms with E-state index in [0.717, 1.165) is 13.0 Å². The third kappa shape index (κ3) is 3.44. The number of sulfone groups is 1. The van der Waals surface area contributed by atoms with E-state index in [1.807, 2.05) is 0 Å². The van der Waals surface area contributed by atoms with Crippen molar-refractivity contribution in [2.45, 2.75) is 17.9 Å². The quantitative estimate of drug-likeness (QED) is 0.613. The molecule has 8 nitrogen and oxygen atoms in total. The molecule has 0 aliphatic carbocycles. The highest BCUT2D eigenvalue weighted by Crippen LogP contribution is 2.28. The van der Waals surface area contributed by atoms with Crippen LogP contribution in [-0.4, -0.2) is 36.8 Å². The number of methoxy groups -OCH3 is 1. The third-order valence-electron chi connectivity index (χ3n) is 2.69. The van der Waals surface area contributed by atoms with Gasteiger partial charge in [0.15, 0.2) is 20.8 Å². The van der Waals surface area contributed by atoms with Gasteiger partial charge in [-0.15, -0.1) is 0 Å². The lowest BCUT2D eigenvalue weighted by Gasteiger charge is -2.09. The summed E-state index contributed by atoms with van der Waals surface area (Å²) in [5.74, 6) is -2.05. The van der Waals surface area contributed by atoms with Crippen molar-refractivity contribution in [1.82, 2.24) is 0 Å². The highest BCUT2D eigenvalue weighted by Gasteiger charge is 2.28. The van der Waals surface area contributed by atoms with Gasteiger partial charge in [-0.3, -0.25) is 14.9 Å². The summed E-state index contributed by atoms with van der Waals surface area (Å²) in [6.45, 7) is 1.05. The number of nitro groups is 1. The summed E-state index contributed by atoms with van der Waals surface area (Å²) in [5, 5.41) is 18.0. The van der Waals surface area contributed by atoms with Crippen molar-refractivity contribution in [1.29, 1.82) is 0 Å². The molecule has 0 heterocycles. The molecule has 1 N–H and O–H groups in total. The maximum Gasteiger partial charge on any atom is 0.321 e. The molecule has 0 bridgehead atoms. The molecule has 0 saturated heterocycles. The van der Waals surface area contributed by atoms with Gasteiger partial charge in [0, 0.05) is 6.07 Å². The first-order valence-electron chi connectivity index (χ1n) is 5.44. The molecule has 1 aromatic carbocycles. The zero-order valence-corrected chi connectivity index (χ0v) is 11.6. The molecule has 1 aromatic rings. The Morgan fingerprint density at radius 3 is 2.55 bits per heavy atom. The van der Waals surface area contributed by atoms with E-state index in [1.54, 1.807) is 0 Å². The Labute approximate surface area is 115 Å². The van der Waals surface area contributed by atoms with Gasteiger partial charge in [0.05, 0.1) is 17.8 Å². The van der Waals surface area contributed by atoms with Gasteiger partial charge in [-0.05, 0) is 18.6 Å². The van der Waals surface area contributed by atoms with Gasteiger partial charge in [-0.2, -0.15) is 0 Å². The number of nitro benzene ring substituents is 1. The minimum atomic E-state index is -3.94. The zero-order valence-electron chi connectivity index (χ0n) is 10.8. The van der Waals surface area contributed by atoms with E-state index in [2.05, 4.69) is 0 Å². The van der Waals surface area contributed by atoms with Crippen molar-refractivity contribution in [3.05, 3.63) is 33.9 Å². The number of rotatable bonds is 6. The van der Waals surface area contributed by atoms with Crippen LogP contribution in [0.2, 0.25) is 0 Å². The summed E-state index contributed by atoms with van der Waals surface area (Å²) < 4.78 is 28.4. The van der Waals surface area contributed by atoms with Crippen molar-refractivity contribution in [3.8, 4) is 5.75 Å². The number of carbonyl (C=O) groups is 1. The fourth-order valence-electron chi connectivity index (χ4n) is 1.48. The van der Waals surface area contributed by atoms with E-state index in [9.17, 15) is 23.3 Å². The molecule has 1 rings (SSSR count). The molecular weight excluding hydrogens is 290 g/mol. The van der Waals surface area contributed by atoms with Crippen LogP contribution in [0.1, 0.15) is 12.5 Å². The average Bonchev–Trinajstić information content (AvgIpc) is 2.37. The number of aliphatic carboxylic acids is 1. The van der Waals surface area contributed by atoms with Crippen LogP contribution in [0, 0.1) is 10.1 Å². The maximum absolute atomic E-state index is 11.8. The molecule has 0 fully saturated rings. The summed E-state index contributed by atoms with van der Waals surface area (Å²) in [5.41, 5.74) is -0.242. The van der Waals surface area contributed by atoms with Crippen LogP contribution in [0.3, 0.4) is 0 Å². The molecule has 0 aromatic heterocycles. The molecule has 20 heavy (non-hydrogen) atoms. The van der Waals surface area contributed by atoms with E-state index in [4.69, 9.17) is 9.84 Å². The van der Waals surface area contributed by atoms with Crippen molar-refractivity contribution in [3.63, 3.8) is 0 Å². The van der Waals surface area contributed by atoms with Crippen molar-refractivity contribution in [2.24, 2.45) is 0 Å². The number of ether oxygens (including phenoxy) is 1. The summed E-state index contributed by atoms with van der Waals surface area (Å²) in [4.78, 5) is 20.8. The smallest absolute Gasteiger partial charge is 0.321 e. The van der Waals surface area contributed by atoms with Gasteiger partial charge in [0.1, 0.15) is 0 Å². The third-order valence-corrected chi connectivity index (χ3v) is 4.71. The van der Waals surface area contributed by atoms with Gasteiger partial charge in [-0.25, -0.2) is 8.42 Å². The predicted molar refractivity (Wildman–Crippen MR) is 69.4 cm³/mol. The van der Waals surface area contributed by atoms with Gasteiger partial charge in [0.2, 0.25) is 0 Å². The first kappa shape index (κ1) is 15.9. The number of hydrogen-bond donors (Lipinski definition) is 1. The second-order valence-electron chi connectivity index (χ2n) is 4.05. The van der Waals surface area contributed by atoms with Crippen LogP contribution < -0.4 is 4.74 Å². The van der Waals surface area contributed by atoms with E-state index in [1.165, 1.54) is 19.2 Å². The van der Waals surface area contributed by atoms with E-state index >= 15 is 0 Å². The topological polar surface area (TPSA) is 124 Å². The van der Waals surface area contributed by atoms with Crippen molar-refractivity contribution >= 4 is 21.5 Å². The first-order valence-corrected chi connectivity index (χ1v) is 7.16. The Bertz CT molecular complexity index is 638. The van der Waals surface area contributed by atoms with Crippen molar-refractivity contribution in [2.75, 3.05) is 7.11 Å². The summed E-state index contributed by atoms with van der Waals surface area (Å²) in [6, 6.07) is 3.68. The Kier molecular flexibility index (Phi) is 4.66. The number of hydrogen-bond acceptors (Lipinski definition) is 6. The molecule has 0 spiro atoms. The van der Waals surface area contributed by atoms with E-state index in [0.29, 0.717) is 0 Å². The lowest BCUT2D eigenvalue weighted by Crippen LogP contribution is -2.28. The predicted octanol–water partition coefficient (Wildman–Crippen LogP) is 0.991. The Balaban J connectivity index is 3.14. The van der Waals surface area contributed by atoms with E-state index < -0.39 is 31.7 Å². The molecule has 1 unspecified atom stereocenters. The highest BCUT2D eigenvalue weighted by molar-refractivity contribution is 7.91. The average molecular weight is 303 g/mol. The molecule has 110 valence electrons. The Morgan fingerprint density at radius 1 is 1.50 bits per heavy atom. The zero-order chi connectivity index (χ0) is 15.5. The second kappa shape index (κ2) is 5.87. The van der Waals surface area contributed by atoms with Crippen LogP contribution in [0.5, 0.6) is 5.75 Å². The largest absolute Gasteiger partial charge is 0.490 e. The van der Waals surface area contributed by atoms with Crippen LogP contribution in [0.25, 0.3) is 0 Å². The molecule has 0 amide bonds. The standard InChI is InChI=1S/C11H13NO7S/c1-7(11(13)14)20(17,18)6-8-3-4-10(19-2)9(5-8)12(15)16/h3-5,7H,6H2,1-2H3,(H,13,14). The van der Waals surface area contributed by atoms with Crippen LogP contribution in [0.4, 0.5) is 5.69 Å². The number of carboxylic acids is 1. The summed E-state index contributed by atoms with van der Waals surface area (Å²) in [7, 11) is -2.68. The molecule has 9 heteroatoms. The minimum Gasteiger partial charge on any atom is -0.490 e. The fraction of sp³-hybridized carbons (Fsp3) is 0.364. The normalized spacial score (nSPS) is 12.7. The first-order chi connectivity index (χ1) is 9.19. The molecule has 0 radical (unpaired) electrons. The SMILES string of the molecule is COc1ccc(CS(=O)(=O)C(C)C(=O)O)cc1[N+](=O)[O-]. The lowest BCUT2D eigenvalue weighted by atomic mass is 10.2.